The molecule has 0 amide bonds. The Kier molecular flexibility index (Phi) is 3.53. The van der Waals surface area contributed by atoms with E-state index in [2.05, 4.69) is 28.5 Å². The van der Waals surface area contributed by atoms with Crippen LogP contribution in [0.2, 0.25) is 0 Å². The monoisotopic (exact) mass is 279 g/mol. The molecule has 0 spiro atoms. The zero-order chi connectivity index (χ0) is 13.4. The van der Waals surface area contributed by atoms with E-state index in [0.29, 0.717) is 0 Å². The predicted octanol–water partition coefficient (Wildman–Crippen LogP) is 3.94. The van der Waals surface area contributed by atoms with E-state index in [1.807, 2.05) is 0 Å². The van der Waals surface area contributed by atoms with Gasteiger partial charge in [0.05, 0.1) is 0 Å². The minimum atomic E-state index is -4.46. The van der Waals surface area contributed by atoms with Crippen molar-refractivity contribution in [1.82, 2.24) is 9.36 Å². The van der Waals surface area contributed by atoms with Crippen LogP contribution in [-0.4, -0.2) is 15.4 Å². The van der Waals surface area contributed by atoms with Crippen molar-refractivity contribution in [3.8, 4) is 0 Å². The summed E-state index contributed by atoms with van der Waals surface area (Å²) in [4.78, 5) is 3.51. The van der Waals surface area contributed by atoms with Crippen molar-refractivity contribution in [3.05, 3.63) is 5.82 Å². The molecule has 0 saturated heterocycles. The summed E-state index contributed by atoms with van der Waals surface area (Å²) in [6.07, 6.45) is -0.136. The molecule has 1 heterocycles. The summed E-state index contributed by atoms with van der Waals surface area (Å²) in [5.74, 6) is -1.05. The Hall–Kier alpha value is -0.850. The smallest absolute Gasteiger partial charge is 0.357 e. The van der Waals surface area contributed by atoms with Gasteiger partial charge in [0.25, 0.3) is 0 Å². The number of halogens is 3. The molecule has 0 radical (unpaired) electrons. The lowest BCUT2D eigenvalue weighted by atomic mass is 9.73. The zero-order valence-electron chi connectivity index (χ0n) is 10.3. The lowest BCUT2D eigenvalue weighted by Gasteiger charge is -2.38. The molecule has 0 bridgehead atoms. The second-order valence-electron chi connectivity index (χ2n) is 5.35. The lowest BCUT2D eigenvalue weighted by molar-refractivity contribution is -0.144. The third kappa shape index (κ3) is 2.93. The van der Waals surface area contributed by atoms with E-state index in [0.717, 1.165) is 30.8 Å². The Balaban J connectivity index is 2.07. The van der Waals surface area contributed by atoms with Crippen LogP contribution < -0.4 is 5.32 Å². The highest BCUT2D eigenvalue weighted by Gasteiger charge is 2.37. The van der Waals surface area contributed by atoms with E-state index in [4.69, 9.17) is 0 Å². The van der Waals surface area contributed by atoms with Gasteiger partial charge in [-0.2, -0.15) is 22.5 Å². The average molecular weight is 279 g/mol. The maximum absolute atomic E-state index is 12.4. The largest absolute Gasteiger partial charge is 0.452 e. The Morgan fingerprint density at radius 3 is 2.61 bits per heavy atom. The SMILES string of the molecule is CC1(C)CCCCC1Nc1nc(C(F)(F)F)ns1. The van der Waals surface area contributed by atoms with Gasteiger partial charge in [-0.1, -0.05) is 26.7 Å². The molecule has 1 atom stereocenters. The summed E-state index contributed by atoms with van der Waals surface area (Å²) >= 11 is 0.779. The molecule has 1 saturated carbocycles. The highest BCUT2D eigenvalue weighted by Crippen LogP contribution is 2.38. The summed E-state index contributed by atoms with van der Waals surface area (Å²) < 4.78 is 40.5. The van der Waals surface area contributed by atoms with Crippen LogP contribution in [0.3, 0.4) is 0 Å². The number of alkyl halides is 3. The van der Waals surface area contributed by atoms with E-state index in [1.54, 1.807) is 0 Å². The topological polar surface area (TPSA) is 37.8 Å². The van der Waals surface area contributed by atoms with Crippen molar-refractivity contribution in [3.63, 3.8) is 0 Å². The summed E-state index contributed by atoms with van der Waals surface area (Å²) in [6, 6.07) is 0.167. The number of anilines is 1. The zero-order valence-corrected chi connectivity index (χ0v) is 11.2. The van der Waals surface area contributed by atoms with E-state index in [-0.39, 0.29) is 16.6 Å². The third-order valence-corrected chi connectivity index (χ3v) is 4.13. The van der Waals surface area contributed by atoms with Crippen molar-refractivity contribution in [2.75, 3.05) is 5.32 Å². The van der Waals surface area contributed by atoms with Gasteiger partial charge in [0, 0.05) is 17.6 Å². The summed E-state index contributed by atoms with van der Waals surface area (Å²) in [6.45, 7) is 4.27. The van der Waals surface area contributed by atoms with Gasteiger partial charge in [0.2, 0.25) is 11.0 Å². The first-order chi connectivity index (χ1) is 8.29. The Bertz CT molecular complexity index is 414. The van der Waals surface area contributed by atoms with Gasteiger partial charge < -0.3 is 5.32 Å². The fourth-order valence-electron chi connectivity index (χ4n) is 2.31. The Labute approximate surface area is 108 Å². The van der Waals surface area contributed by atoms with Crippen molar-refractivity contribution in [1.29, 1.82) is 0 Å². The molecule has 102 valence electrons. The van der Waals surface area contributed by atoms with Crippen LogP contribution in [0.4, 0.5) is 18.3 Å². The molecule has 1 aromatic heterocycles. The number of aromatic nitrogens is 2. The minimum absolute atomic E-state index is 0.0856. The predicted molar refractivity (Wildman–Crippen MR) is 64.6 cm³/mol. The molecule has 0 aromatic carbocycles. The standard InChI is InChI=1S/C11H16F3N3S/c1-10(2)6-4-3-5-7(10)15-9-16-8(17-18-9)11(12,13)14/h7H,3-6H2,1-2H3,(H,15,16,17). The first-order valence-corrected chi connectivity index (χ1v) is 6.74. The Morgan fingerprint density at radius 1 is 1.33 bits per heavy atom. The molecule has 1 aromatic rings. The molecule has 0 aliphatic heterocycles. The first kappa shape index (κ1) is 13.6. The molecule has 7 heteroatoms. The van der Waals surface area contributed by atoms with Gasteiger partial charge in [-0.15, -0.1) is 0 Å². The second-order valence-corrected chi connectivity index (χ2v) is 6.10. The van der Waals surface area contributed by atoms with Crippen LogP contribution in [0.15, 0.2) is 0 Å². The fraction of sp³-hybridized carbons (Fsp3) is 0.818. The molecule has 1 fully saturated rings. The molecule has 2 rings (SSSR count). The van der Waals surface area contributed by atoms with Gasteiger partial charge in [-0.25, -0.2) is 0 Å². The number of hydrogen-bond donors (Lipinski definition) is 1. The van der Waals surface area contributed by atoms with Crippen LogP contribution >= 0.6 is 11.5 Å². The van der Waals surface area contributed by atoms with Gasteiger partial charge in [-0.05, 0) is 18.3 Å². The normalized spacial score (nSPS) is 23.9. The van der Waals surface area contributed by atoms with Gasteiger partial charge in [0.1, 0.15) is 0 Å². The minimum Gasteiger partial charge on any atom is -0.357 e. The number of nitrogens with one attached hydrogen (secondary N) is 1. The molecule has 1 unspecified atom stereocenters. The molecule has 18 heavy (non-hydrogen) atoms. The summed E-state index contributed by atoms with van der Waals surface area (Å²) in [5.41, 5.74) is 0.0856. The average Bonchev–Trinajstić information content (AvgIpc) is 2.69. The van der Waals surface area contributed by atoms with Gasteiger partial charge >= 0.3 is 6.18 Å². The van der Waals surface area contributed by atoms with E-state index in [1.165, 1.54) is 6.42 Å². The third-order valence-electron chi connectivity index (χ3n) is 3.48. The summed E-state index contributed by atoms with van der Waals surface area (Å²) in [7, 11) is 0. The van der Waals surface area contributed by atoms with Crippen molar-refractivity contribution in [2.24, 2.45) is 5.41 Å². The molecule has 3 nitrogen and oxygen atoms in total. The molecule has 1 aliphatic rings. The molecular weight excluding hydrogens is 263 g/mol. The van der Waals surface area contributed by atoms with Gasteiger partial charge in [-0.3, -0.25) is 0 Å². The highest BCUT2D eigenvalue weighted by atomic mass is 32.1. The first-order valence-electron chi connectivity index (χ1n) is 5.96. The fourth-order valence-corrected chi connectivity index (χ4v) is 2.95. The van der Waals surface area contributed by atoms with Crippen LogP contribution in [0.25, 0.3) is 0 Å². The van der Waals surface area contributed by atoms with E-state index < -0.39 is 12.0 Å². The van der Waals surface area contributed by atoms with Crippen LogP contribution in [0.1, 0.15) is 45.4 Å². The molecule has 1 aliphatic carbocycles. The van der Waals surface area contributed by atoms with Gasteiger partial charge in [0.15, 0.2) is 0 Å². The van der Waals surface area contributed by atoms with Crippen LogP contribution in [-0.2, 0) is 6.18 Å². The quantitative estimate of drug-likeness (QED) is 0.891. The maximum atomic E-state index is 12.4. The van der Waals surface area contributed by atoms with Crippen molar-refractivity contribution < 1.29 is 13.2 Å². The van der Waals surface area contributed by atoms with Crippen molar-refractivity contribution >= 4 is 16.7 Å². The van der Waals surface area contributed by atoms with E-state index >= 15 is 0 Å². The Morgan fingerprint density at radius 2 is 2.06 bits per heavy atom. The van der Waals surface area contributed by atoms with E-state index in [9.17, 15) is 13.2 Å². The lowest BCUT2D eigenvalue weighted by Crippen LogP contribution is -2.38. The highest BCUT2D eigenvalue weighted by molar-refractivity contribution is 7.09. The van der Waals surface area contributed by atoms with Crippen LogP contribution in [0.5, 0.6) is 0 Å². The van der Waals surface area contributed by atoms with Crippen LogP contribution in [0, 0.1) is 5.41 Å². The molecule has 1 N–H and O–H groups in total. The number of rotatable bonds is 2. The number of nitrogens with zero attached hydrogens (tertiary/aromatic N) is 2. The van der Waals surface area contributed by atoms with Crippen molar-refractivity contribution in [2.45, 2.75) is 51.7 Å². The maximum Gasteiger partial charge on any atom is 0.452 e. The molecular formula is C11H16F3N3S. The second kappa shape index (κ2) is 4.68. The summed E-state index contributed by atoms with van der Waals surface area (Å²) in [5, 5.41) is 3.37. The number of hydrogen-bond acceptors (Lipinski definition) is 4.